The molecular weight excluding hydrogens is 222 g/mol. The second kappa shape index (κ2) is 5.83. The molecule has 96 valence electrons. The van der Waals surface area contributed by atoms with Gasteiger partial charge in [0.15, 0.2) is 0 Å². The summed E-state index contributed by atoms with van der Waals surface area (Å²) in [5.74, 6) is 1.07. The summed E-state index contributed by atoms with van der Waals surface area (Å²) in [5, 5.41) is 3.35. The zero-order valence-corrected chi connectivity index (χ0v) is 11.4. The summed E-state index contributed by atoms with van der Waals surface area (Å²) in [6.45, 7) is 5.26. The molecule has 1 N–H and O–H groups in total. The minimum Gasteiger partial charge on any atom is -0.334 e. The molecular formula is C15H21N3. The second-order valence-corrected chi connectivity index (χ2v) is 4.39. The lowest BCUT2D eigenvalue weighted by atomic mass is 10.0. The highest BCUT2D eigenvalue weighted by atomic mass is 15.1. The van der Waals surface area contributed by atoms with Crippen LogP contribution >= 0.6 is 0 Å². The lowest BCUT2D eigenvalue weighted by molar-refractivity contribution is 0.590. The Bertz CT molecular complexity index is 485. The van der Waals surface area contributed by atoms with Crippen LogP contribution in [-0.2, 0) is 13.0 Å². The predicted molar refractivity (Wildman–Crippen MR) is 74.6 cm³/mol. The van der Waals surface area contributed by atoms with Crippen LogP contribution in [0.1, 0.15) is 36.8 Å². The number of nitrogens with one attached hydrogen (secondary N) is 1. The van der Waals surface area contributed by atoms with Crippen molar-refractivity contribution in [2.24, 2.45) is 0 Å². The van der Waals surface area contributed by atoms with Crippen molar-refractivity contribution in [1.82, 2.24) is 14.9 Å². The third kappa shape index (κ3) is 2.46. The highest BCUT2D eigenvalue weighted by molar-refractivity contribution is 5.29. The second-order valence-electron chi connectivity index (χ2n) is 4.39. The summed E-state index contributed by atoms with van der Waals surface area (Å²) in [5.41, 5.74) is 2.63. The van der Waals surface area contributed by atoms with Crippen LogP contribution in [0.25, 0.3) is 0 Å². The summed E-state index contributed by atoms with van der Waals surface area (Å²) < 4.78 is 2.18. The molecule has 0 saturated heterocycles. The molecule has 3 nitrogen and oxygen atoms in total. The number of benzene rings is 1. The molecule has 2 rings (SSSR count). The fourth-order valence-electron chi connectivity index (χ4n) is 2.24. The number of aromatic nitrogens is 2. The van der Waals surface area contributed by atoms with Gasteiger partial charge in [0.25, 0.3) is 0 Å². The maximum atomic E-state index is 4.48. The lowest BCUT2D eigenvalue weighted by Crippen LogP contribution is -2.21. The molecule has 1 aromatic heterocycles. The molecule has 0 fully saturated rings. The quantitative estimate of drug-likeness (QED) is 0.875. The van der Waals surface area contributed by atoms with Gasteiger partial charge in [-0.2, -0.15) is 0 Å². The smallest absolute Gasteiger partial charge is 0.130 e. The van der Waals surface area contributed by atoms with Crippen molar-refractivity contribution in [3.8, 4) is 0 Å². The van der Waals surface area contributed by atoms with Crippen LogP contribution in [-0.4, -0.2) is 16.6 Å². The predicted octanol–water partition coefficient (Wildman–Crippen LogP) is 2.77. The standard InChI is InChI=1S/C15H21N3/c1-4-12-6-8-13(9-7-12)14(16-3)15-17-10-11-18(15)5-2/h6-11,14,16H,4-5H2,1-3H3. The molecule has 0 saturated carbocycles. The summed E-state index contributed by atoms with van der Waals surface area (Å²) in [6.07, 6.45) is 4.97. The first kappa shape index (κ1) is 12.8. The van der Waals surface area contributed by atoms with Crippen LogP contribution in [0.15, 0.2) is 36.7 Å². The van der Waals surface area contributed by atoms with Crippen molar-refractivity contribution in [3.05, 3.63) is 53.6 Å². The maximum Gasteiger partial charge on any atom is 0.130 e. The fourth-order valence-corrected chi connectivity index (χ4v) is 2.24. The SMILES string of the molecule is CCc1ccc(C(NC)c2nccn2CC)cc1. The van der Waals surface area contributed by atoms with Crippen molar-refractivity contribution in [3.63, 3.8) is 0 Å². The van der Waals surface area contributed by atoms with Gasteiger partial charge in [0, 0.05) is 18.9 Å². The van der Waals surface area contributed by atoms with Crippen LogP contribution in [0.4, 0.5) is 0 Å². The van der Waals surface area contributed by atoms with E-state index >= 15 is 0 Å². The van der Waals surface area contributed by atoms with E-state index in [4.69, 9.17) is 0 Å². The van der Waals surface area contributed by atoms with Crippen molar-refractivity contribution in [1.29, 1.82) is 0 Å². The Morgan fingerprint density at radius 3 is 2.50 bits per heavy atom. The van der Waals surface area contributed by atoms with E-state index in [-0.39, 0.29) is 6.04 Å². The number of hydrogen-bond acceptors (Lipinski definition) is 2. The third-order valence-electron chi connectivity index (χ3n) is 3.36. The van der Waals surface area contributed by atoms with Crippen LogP contribution in [0.3, 0.4) is 0 Å². The van der Waals surface area contributed by atoms with Crippen LogP contribution < -0.4 is 5.32 Å². The normalized spacial score (nSPS) is 12.6. The van der Waals surface area contributed by atoms with Crippen molar-refractivity contribution in [2.45, 2.75) is 32.9 Å². The van der Waals surface area contributed by atoms with Crippen LogP contribution in [0.2, 0.25) is 0 Å². The molecule has 0 amide bonds. The third-order valence-corrected chi connectivity index (χ3v) is 3.36. The average Bonchev–Trinajstić information content (AvgIpc) is 2.89. The topological polar surface area (TPSA) is 29.9 Å². The Labute approximate surface area is 109 Å². The number of hydrogen-bond donors (Lipinski definition) is 1. The summed E-state index contributed by atoms with van der Waals surface area (Å²) in [6, 6.07) is 8.92. The van der Waals surface area contributed by atoms with Gasteiger partial charge < -0.3 is 9.88 Å². The van der Waals surface area contributed by atoms with E-state index < -0.39 is 0 Å². The largest absolute Gasteiger partial charge is 0.334 e. The van der Waals surface area contributed by atoms with Crippen LogP contribution in [0.5, 0.6) is 0 Å². The Morgan fingerprint density at radius 1 is 1.22 bits per heavy atom. The molecule has 0 spiro atoms. The highest BCUT2D eigenvalue weighted by Gasteiger charge is 2.16. The molecule has 3 heteroatoms. The van der Waals surface area contributed by atoms with Gasteiger partial charge in [-0.25, -0.2) is 4.98 Å². The summed E-state index contributed by atoms with van der Waals surface area (Å²) in [4.78, 5) is 4.48. The zero-order chi connectivity index (χ0) is 13.0. The molecule has 0 aliphatic carbocycles. The van der Waals surface area contributed by atoms with Crippen molar-refractivity contribution in [2.75, 3.05) is 7.05 Å². The van der Waals surface area contributed by atoms with Crippen LogP contribution in [0, 0.1) is 0 Å². The minimum absolute atomic E-state index is 0.158. The van der Waals surface area contributed by atoms with Gasteiger partial charge in [-0.3, -0.25) is 0 Å². The molecule has 0 aliphatic heterocycles. The highest BCUT2D eigenvalue weighted by Crippen LogP contribution is 2.21. The van der Waals surface area contributed by atoms with Gasteiger partial charge in [0.2, 0.25) is 0 Å². The van der Waals surface area contributed by atoms with Gasteiger partial charge in [0.1, 0.15) is 5.82 Å². The average molecular weight is 243 g/mol. The van der Waals surface area contributed by atoms with Gasteiger partial charge in [0.05, 0.1) is 6.04 Å². The molecule has 1 aromatic carbocycles. The van der Waals surface area contributed by atoms with Gasteiger partial charge in [-0.05, 0) is 31.5 Å². The van der Waals surface area contributed by atoms with E-state index in [0.717, 1.165) is 18.8 Å². The molecule has 1 atom stereocenters. The molecule has 0 radical (unpaired) electrons. The Balaban J connectivity index is 2.32. The molecule has 0 bridgehead atoms. The molecule has 1 unspecified atom stereocenters. The number of rotatable bonds is 5. The van der Waals surface area contributed by atoms with Crippen molar-refractivity contribution >= 4 is 0 Å². The maximum absolute atomic E-state index is 4.48. The van der Waals surface area contributed by atoms with Gasteiger partial charge in [-0.15, -0.1) is 0 Å². The lowest BCUT2D eigenvalue weighted by Gasteiger charge is -2.17. The first-order valence-electron chi connectivity index (χ1n) is 6.57. The van der Waals surface area contributed by atoms with Gasteiger partial charge >= 0.3 is 0 Å². The van der Waals surface area contributed by atoms with E-state index in [2.05, 4.69) is 53.0 Å². The first-order valence-corrected chi connectivity index (χ1v) is 6.57. The fraction of sp³-hybridized carbons (Fsp3) is 0.400. The summed E-state index contributed by atoms with van der Waals surface area (Å²) >= 11 is 0. The van der Waals surface area contributed by atoms with E-state index in [9.17, 15) is 0 Å². The Kier molecular flexibility index (Phi) is 4.15. The van der Waals surface area contributed by atoms with E-state index in [1.165, 1.54) is 11.1 Å². The first-order chi connectivity index (χ1) is 8.80. The Morgan fingerprint density at radius 2 is 1.94 bits per heavy atom. The van der Waals surface area contributed by atoms with E-state index in [0.29, 0.717) is 0 Å². The number of aryl methyl sites for hydroxylation is 2. The number of nitrogens with zero attached hydrogens (tertiary/aromatic N) is 2. The van der Waals surface area contributed by atoms with E-state index in [1.807, 2.05) is 19.4 Å². The molecule has 1 heterocycles. The Hall–Kier alpha value is -1.61. The van der Waals surface area contributed by atoms with E-state index in [1.54, 1.807) is 0 Å². The molecule has 18 heavy (non-hydrogen) atoms. The molecule has 2 aromatic rings. The zero-order valence-electron chi connectivity index (χ0n) is 11.4. The number of imidazole rings is 1. The van der Waals surface area contributed by atoms with Crippen molar-refractivity contribution < 1.29 is 0 Å². The monoisotopic (exact) mass is 243 g/mol. The van der Waals surface area contributed by atoms with Gasteiger partial charge in [-0.1, -0.05) is 31.2 Å². The molecule has 0 aliphatic rings. The minimum atomic E-state index is 0.158. The summed E-state index contributed by atoms with van der Waals surface area (Å²) in [7, 11) is 1.98.